The molecule has 1 aliphatic rings. The van der Waals surface area contributed by atoms with Crippen LogP contribution in [0.4, 0.5) is 5.69 Å². The van der Waals surface area contributed by atoms with Gasteiger partial charge in [0, 0.05) is 32.0 Å². The van der Waals surface area contributed by atoms with Crippen molar-refractivity contribution in [2.24, 2.45) is 7.05 Å². The zero-order chi connectivity index (χ0) is 14.1. The lowest BCUT2D eigenvalue weighted by Gasteiger charge is -2.11. The Kier molecular flexibility index (Phi) is 3.40. The van der Waals surface area contributed by atoms with Crippen LogP contribution >= 0.6 is 0 Å². The Hall–Kier alpha value is -1.95. The number of benzene rings is 1. The molecule has 106 valence electrons. The van der Waals surface area contributed by atoms with Crippen LogP contribution in [0.2, 0.25) is 0 Å². The molecule has 2 heterocycles. The van der Waals surface area contributed by atoms with Crippen LogP contribution in [0.5, 0.6) is 0 Å². The van der Waals surface area contributed by atoms with E-state index in [1.54, 1.807) is 23.1 Å². The van der Waals surface area contributed by atoms with Crippen molar-refractivity contribution in [3.8, 4) is 0 Å². The van der Waals surface area contributed by atoms with Gasteiger partial charge in [0.1, 0.15) is 5.82 Å². The van der Waals surface area contributed by atoms with Gasteiger partial charge in [-0.3, -0.25) is 10.1 Å². The molecule has 0 saturated carbocycles. The van der Waals surface area contributed by atoms with Gasteiger partial charge in [-0.1, -0.05) is 0 Å². The minimum Gasteiger partial charge on any atom is -0.335 e. The molecule has 1 aliphatic heterocycles. The molecule has 6 nitrogen and oxygen atoms in total. The molecule has 0 spiro atoms. The minimum atomic E-state index is -0.373. The van der Waals surface area contributed by atoms with Crippen LogP contribution in [0.15, 0.2) is 18.2 Å². The second kappa shape index (κ2) is 5.20. The fourth-order valence-electron chi connectivity index (χ4n) is 2.99. The number of quaternary nitrogens is 1. The molecule has 0 atom stereocenters. The van der Waals surface area contributed by atoms with Crippen molar-refractivity contribution in [2.45, 2.75) is 19.3 Å². The number of nitrogens with zero attached hydrogens (tertiary/aromatic N) is 3. The van der Waals surface area contributed by atoms with Crippen LogP contribution in [-0.4, -0.2) is 34.1 Å². The van der Waals surface area contributed by atoms with Gasteiger partial charge < -0.3 is 9.47 Å². The summed E-state index contributed by atoms with van der Waals surface area (Å²) in [6, 6.07) is 4.88. The van der Waals surface area contributed by atoms with Crippen LogP contribution < -0.4 is 4.90 Å². The molecule has 1 aromatic heterocycles. The fourth-order valence-corrected chi connectivity index (χ4v) is 2.99. The fraction of sp³-hybridized carbons (Fsp3) is 0.500. The zero-order valence-electron chi connectivity index (χ0n) is 11.6. The number of nitrogens with one attached hydrogen (secondary N) is 1. The summed E-state index contributed by atoms with van der Waals surface area (Å²) in [5, 5.41) is 10.8. The first-order chi connectivity index (χ1) is 9.65. The number of nitro groups is 1. The maximum absolute atomic E-state index is 10.8. The lowest BCUT2D eigenvalue weighted by molar-refractivity contribution is -0.887. The average molecular weight is 275 g/mol. The average Bonchev–Trinajstić information content (AvgIpc) is 3.04. The van der Waals surface area contributed by atoms with Crippen LogP contribution in [-0.2, 0) is 13.5 Å². The van der Waals surface area contributed by atoms with Gasteiger partial charge in [0.2, 0.25) is 0 Å². The molecule has 6 heteroatoms. The van der Waals surface area contributed by atoms with E-state index >= 15 is 0 Å². The van der Waals surface area contributed by atoms with Crippen molar-refractivity contribution in [1.29, 1.82) is 0 Å². The third-order valence-electron chi connectivity index (χ3n) is 4.18. The van der Waals surface area contributed by atoms with E-state index in [-0.39, 0.29) is 10.6 Å². The Morgan fingerprint density at radius 2 is 2.15 bits per heavy atom. The third kappa shape index (κ3) is 2.38. The standard InChI is InChI=1S/C14H18N4O2/c1-16-13-5-4-11(18(19)20)10-12(13)15-14(16)6-9-17-7-2-3-8-17/h4-5,10H,2-3,6-9H2,1H3/p+1. The highest BCUT2D eigenvalue weighted by atomic mass is 16.6. The number of hydrogen-bond acceptors (Lipinski definition) is 3. The van der Waals surface area contributed by atoms with E-state index in [0.29, 0.717) is 5.52 Å². The Bertz CT molecular complexity index is 644. The second-order valence-corrected chi connectivity index (χ2v) is 5.47. The van der Waals surface area contributed by atoms with Crippen molar-refractivity contribution in [1.82, 2.24) is 9.55 Å². The lowest BCUT2D eigenvalue weighted by Crippen LogP contribution is -3.10. The van der Waals surface area contributed by atoms with Crippen LogP contribution in [0, 0.1) is 10.1 Å². The Morgan fingerprint density at radius 1 is 1.40 bits per heavy atom. The number of aryl methyl sites for hydroxylation is 1. The van der Waals surface area contributed by atoms with E-state index in [1.165, 1.54) is 25.9 Å². The summed E-state index contributed by atoms with van der Waals surface area (Å²) in [6.45, 7) is 3.62. The quantitative estimate of drug-likeness (QED) is 0.660. The number of nitro benzene ring substituents is 1. The number of fused-ring (bicyclic) bond motifs is 1. The summed E-state index contributed by atoms with van der Waals surface area (Å²) >= 11 is 0. The first-order valence-electron chi connectivity index (χ1n) is 7.08. The Morgan fingerprint density at radius 3 is 2.85 bits per heavy atom. The zero-order valence-corrected chi connectivity index (χ0v) is 11.6. The van der Waals surface area contributed by atoms with Gasteiger partial charge in [0.15, 0.2) is 0 Å². The van der Waals surface area contributed by atoms with Gasteiger partial charge in [0.05, 0.1) is 42.0 Å². The van der Waals surface area contributed by atoms with Crippen molar-refractivity contribution < 1.29 is 9.82 Å². The maximum atomic E-state index is 10.8. The molecule has 3 rings (SSSR count). The highest BCUT2D eigenvalue weighted by Crippen LogP contribution is 2.21. The predicted octanol–water partition coefficient (Wildman–Crippen LogP) is 0.703. The Balaban J connectivity index is 1.83. The minimum absolute atomic E-state index is 0.104. The summed E-state index contributed by atoms with van der Waals surface area (Å²) in [7, 11) is 1.98. The molecule has 1 N–H and O–H groups in total. The highest BCUT2D eigenvalue weighted by Gasteiger charge is 2.17. The molecule has 0 bridgehead atoms. The van der Waals surface area contributed by atoms with Crippen molar-refractivity contribution in [2.75, 3.05) is 19.6 Å². The molecule has 20 heavy (non-hydrogen) atoms. The summed E-state index contributed by atoms with van der Waals surface area (Å²) in [5.74, 6) is 1.01. The molecule has 1 aromatic carbocycles. The van der Waals surface area contributed by atoms with Gasteiger partial charge in [-0.15, -0.1) is 0 Å². The number of hydrogen-bond donors (Lipinski definition) is 1. The van der Waals surface area contributed by atoms with Gasteiger partial charge in [-0.2, -0.15) is 0 Å². The van der Waals surface area contributed by atoms with Gasteiger partial charge in [-0.25, -0.2) is 4.98 Å². The molecular weight excluding hydrogens is 256 g/mol. The van der Waals surface area contributed by atoms with Gasteiger partial charge in [0.25, 0.3) is 5.69 Å². The highest BCUT2D eigenvalue weighted by molar-refractivity contribution is 5.78. The largest absolute Gasteiger partial charge is 0.335 e. The van der Waals surface area contributed by atoms with Crippen molar-refractivity contribution in [3.05, 3.63) is 34.1 Å². The van der Waals surface area contributed by atoms with E-state index in [9.17, 15) is 10.1 Å². The van der Waals surface area contributed by atoms with E-state index in [1.807, 2.05) is 7.05 Å². The first-order valence-corrected chi connectivity index (χ1v) is 7.08. The van der Waals surface area contributed by atoms with Crippen molar-refractivity contribution >= 4 is 16.7 Å². The van der Waals surface area contributed by atoms with Gasteiger partial charge in [-0.05, 0) is 6.07 Å². The topological polar surface area (TPSA) is 65.4 Å². The smallest absolute Gasteiger partial charge is 0.271 e. The van der Waals surface area contributed by atoms with E-state index in [2.05, 4.69) is 9.55 Å². The molecular formula is C14H19N4O2+. The lowest BCUT2D eigenvalue weighted by atomic mass is 10.3. The number of rotatable bonds is 4. The van der Waals surface area contributed by atoms with E-state index < -0.39 is 0 Å². The normalized spacial score (nSPS) is 16.1. The molecule has 0 aliphatic carbocycles. The van der Waals surface area contributed by atoms with E-state index in [0.717, 1.165) is 24.3 Å². The summed E-state index contributed by atoms with van der Waals surface area (Å²) < 4.78 is 2.05. The predicted molar refractivity (Wildman–Crippen MR) is 75.9 cm³/mol. The summed E-state index contributed by atoms with van der Waals surface area (Å²) in [6.07, 6.45) is 3.57. The summed E-state index contributed by atoms with van der Waals surface area (Å²) in [4.78, 5) is 16.6. The monoisotopic (exact) mass is 275 g/mol. The number of non-ortho nitro benzene ring substituents is 1. The van der Waals surface area contributed by atoms with Crippen molar-refractivity contribution in [3.63, 3.8) is 0 Å². The first kappa shape index (κ1) is 13.1. The molecule has 1 saturated heterocycles. The number of aromatic nitrogens is 2. The van der Waals surface area contributed by atoms with E-state index in [4.69, 9.17) is 0 Å². The Labute approximate surface area is 117 Å². The van der Waals surface area contributed by atoms with Gasteiger partial charge >= 0.3 is 0 Å². The number of likely N-dealkylation sites (tertiary alicyclic amines) is 1. The second-order valence-electron chi connectivity index (χ2n) is 5.47. The SMILES string of the molecule is Cn1c(CC[NH+]2CCCC2)nc2cc([N+](=O)[O-])ccc21. The molecule has 2 aromatic rings. The number of imidazole rings is 1. The molecule has 0 amide bonds. The molecule has 0 unspecified atom stereocenters. The van der Waals surface area contributed by atoms with Crippen LogP contribution in [0.25, 0.3) is 11.0 Å². The van der Waals surface area contributed by atoms with Crippen LogP contribution in [0.3, 0.4) is 0 Å². The molecule has 0 radical (unpaired) electrons. The van der Waals surface area contributed by atoms with Crippen LogP contribution in [0.1, 0.15) is 18.7 Å². The summed E-state index contributed by atoms with van der Waals surface area (Å²) in [5.41, 5.74) is 1.78. The maximum Gasteiger partial charge on any atom is 0.271 e. The third-order valence-corrected chi connectivity index (χ3v) is 4.18. The molecule has 1 fully saturated rings.